The van der Waals surface area contributed by atoms with Gasteiger partial charge in [-0.15, -0.1) is 22.7 Å². The third-order valence-electron chi connectivity index (χ3n) is 7.07. The molecular weight excluding hydrogens is 480 g/mol. The summed E-state index contributed by atoms with van der Waals surface area (Å²) in [7, 11) is 0. The fourth-order valence-corrected chi connectivity index (χ4v) is 6.96. The molecule has 0 bridgehead atoms. The molecule has 172 valence electrons. The van der Waals surface area contributed by atoms with Gasteiger partial charge in [-0.3, -0.25) is 0 Å². The fraction of sp³-hybridized carbons (Fsp3) is 0.0625. The van der Waals surface area contributed by atoms with Crippen molar-refractivity contribution in [2.24, 2.45) is 0 Å². The van der Waals surface area contributed by atoms with Gasteiger partial charge in [-0.25, -0.2) is 0 Å². The molecular formula is C32H20O2S2. The zero-order valence-electron chi connectivity index (χ0n) is 19.7. The number of hydrogen-bond acceptors (Lipinski definition) is 4. The van der Waals surface area contributed by atoms with Crippen molar-refractivity contribution in [1.82, 2.24) is 0 Å². The van der Waals surface area contributed by atoms with Crippen molar-refractivity contribution in [3.8, 4) is 21.3 Å². The van der Waals surface area contributed by atoms with Crippen LogP contribution in [0.4, 0.5) is 0 Å². The quantitative estimate of drug-likeness (QED) is 0.221. The van der Waals surface area contributed by atoms with Gasteiger partial charge in [0.15, 0.2) is 0 Å². The highest BCUT2D eigenvalue weighted by atomic mass is 32.1. The summed E-state index contributed by atoms with van der Waals surface area (Å²) in [5, 5.41) is 9.67. The van der Waals surface area contributed by atoms with E-state index in [2.05, 4.69) is 98.8 Å². The van der Waals surface area contributed by atoms with Crippen LogP contribution in [0.1, 0.15) is 9.75 Å². The van der Waals surface area contributed by atoms with E-state index in [1.54, 1.807) is 22.7 Å². The summed E-state index contributed by atoms with van der Waals surface area (Å²) in [5.41, 5.74) is 1.86. The lowest BCUT2D eigenvalue weighted by atomic mass is 9.96. The molecule has 0 spiro atoms. The van der Waals surface area contributed by atoms with Crippen LogP contribution in [0.5, 0.6) is 0 Å². The second-order valence-corrected chi connectivity index (χ2v) is 12.1. The summed E-state index contributed by atoms with van der Waals surface area (Å²) in [4.78, 5) is 4.92. The summed E-state index contributed by atoms with van der Waals surface area (Å²) in [6.07, 6.45) is 0. The van der Waals surface area contributed by atoms with Crippen LogP contribution in [0.15, 0.2) is 93.8 Å². The summed E-state index contributed by atoms with van der Waals surface area (Å²) in [6, 6.07) is 30.7. The molecule has 4 aromatic carbocycles. The highest BCUT2D eigenvalue weighted by molar-refractivity contribution is 7.15. The molecule has 0 aliphatic carbocycles. The first kappa shape index (κ1) is 20.3. The van der Waals surface area contributed by atoms with Gasteiger partial charge in [0, 0.05) is 20.5 Å². The summed E-state index contributed by atoms with van der Waals surface area (Å²) in [5.74, 6) is 1.87. The van der Waals surface area contributed by atoms with Crippen molar-refractivity contribution < 1.29 is 8.83 Å². The number of furan rings is 2. The standard InChI is InChI=1S/C32H20O2S2/c1-17-3-9-31(35-17)29-15-21-11-25-19(13-27(21)33-29)5-7-24-23(25)8-6-20-14-28-22(12-26(20)24)16-30(34-28)32-10-4-18(2)36-32/h3-16H,1-2H3. The molecule has 0 unspecified atom stereocenters. The van der Waals surface area contributed by atoms with E-state index in [-0.39, 0.29) is 0 Å². The maximum atomic E-state index is 6.25. The fourth-order valence-electron chi connectivity index (χ4n) is 5.32. The van der Waals surface area contributed by atoms with Gasteiger partial charge in [-0.05, 0) is 107 Å². The Balaban J connectivity index is 1.34. The molecule has 0 saturated carbocycles. The predicted octanol–water partition coefficient (Wildman–Crippen LogP) is 10.7. The Bertz CT molecular complexity index is 1980. The molecule has 0 fully saturated rings. The zero-order valence-corrected chi connectivity index (χ0v) is 21.3. The van der Waals surface area contributed by atoms with Gasteiger partial charge in [0.05, 0.1) is 9.75 Å². The van der Waals surface area contributed by atoms with Crippen LogP contribution >= 0.6 is 22.7 Å². The molecule has 0 radical (unpaired) electrons. The third-order valence-corrected chi connectivity index (χ3v) is 9.10. The molecule has 0 aliphatic rings. The van der Waals surface area contributed by atoms with Crippen molar-refractivity contribution in [2.75, 3.05) is 0 Å². The van der Waals surface area contributed by atoms with Gasteiger partial charge < -0.3 is 8.83 Å². The van der Waals surface area contributed by atoms with Crippen LogP contribution in [-0.4, -0.2) is 0 Å². The van der Waals surface area contributed by atoms with Crippen LogP contribution in [0, 0.1) is 13.8 Å². The minimum Gasteiger partial charge on any atom is -0.455 e. The Morgan fingerprint density at radius 2 is 0.917 bits per heavy atom. The number of fused-ring (bicyclic) bond motifs is 7. The number of aryl methyl sites for hydroxylation is 2. The van der Waals surface area contributed by atoms with Gasteiger partial charge in [0.1, 0.15) is 22.7 Å². The van der Waals surface area contributed by atoms with Crippen molar-refractivity contribution >= 4 is 76.9 Å². The normalized spacial score (nSPS) is 12.2. The van der Waals surface area contributed by atoms with Crippen molar-refractivity contribution in [1.29, 1.82) is 0 Å². The van der Waals surface area contributed by atoms with Crippen LogP contribution in [0.2, 0.25) is 0 Å². The molecule has 8 aromatic rings. The lowest BCUT2D eigenvalue weighted by molar-refractivity contribution is 0.633. The average molecular weight is 501 g/mol. The molecule has 0 amide bonds. The van der Waals surface area contributed by atoms with Gasteiger partial charge in [0.2, 0.25) is 0 Å². The van der Waals surface area contributed by atoms with E-state index in [9.17, 15) is 0 Å². The van der Waals surface area contributed by atoms with E-state index in [1.807, 2.05) is 0 Å². The molecule has 0 aliphatic heterocycles. The molecule has 36 heavy (non-hydrogen) atoms. The van der Waals surface area contributed by atoms with E-state index >= 15 is 0 Å². The highest BCUT2D eigenvalue weighted by Crippen LogP contribution is 2.39. The maximum Gasteiger partial charge on any atom is 0.145 e. The molecule has 2 nitrogen and oxygen atoms in total. The van der Waals surface area contributed by atoms with Crippen LogP contribution in [-0.2, 0) is 0 Å². The minimum atomic E-state index is 0.931. The smallest absolute Gasteiger partial charge is 0.145 e. The largest absolute Gasteiger partial charge is 0.455 e. The molecule has 0 saturated heterocycles. The van der Waals surface area contributed by atoms with Crippen LogP contribution in [0.3, 0.4) is 0 Å². The Morgan fingerprint density at radius 3 is 1.33 bits per heavy atom. The minimum absolute atomic E-state index is 0.931. The van der Waals surface area contributed by atoms with Crippen molar-refractivity contribution in [2.45, 2.75) is 13.8 Å². The lowest BCUT2D eigenvalue weighted by Gasteiger charge is -2.08. The number of thiophene rings is 2. The zero-order chi connectivity index (χ0) is 24.0. The van der Waals surface area contributed by atoms with E-state index in [0.29, 0.717) is 0 Å². The SMILES string of the molecule is Cc1ccc(-c2cc3cc4c(ccc5c6cc7cc(-c8ccc(C)s8)oc7cc6ccc45)cc3o2)s1. The third kappa shape index (κ3) is 3.01. The van der Waals surface area contributed by atoms with Crippen molar-refractivity contribution in [3.05, 3.63) is 94.7 Å². The molecule has 4 heterocycles. The molecule has 4 aromatic heterocycles. The number of rotatable bonds is 2. The summed E-state index contributed by atoms with van der Waals surface area (Å²) < 4.78 is 12.5. The molecule has 4 heteroatoms. The van der Waals surface area contributed by atoms with Gasteiger partial charge in [-0.2, -0.15) is 0 Å². The van der Waals surface area contributed by atoms with Gasteiger partial charge in [0.25, 0.3) is 0 Å². The monoisotopic (exact) mass is 500 g/mol. The summed E-state index contributed by atoms with van der Waals surface area (Å²) in [6.45, 7) is 4.26. The number of benzene rings is 4. The van der Waals surface area contributed by atoms with E-state index in [1.165, 1.54) is 51.8 Å². The van der Waals surface area contributed by atoms with Crippen LogP contribution in [0.25, 0.3) is 75.5 Å². The topological polar surface area (TPSA) is 26.3 Å². The Morgan fingerprint density at radius 1 is 0.444 bits per heavy atom. The van der Waals surface area contributed by atoms with Crippen LogP contribution < -0.4 is 0 Å². The molecule has 0 atom stereocenters. The molecule has 8 rings (SSSR count). The van der Waals surface area contributed by atoms with Gasteiger partial charge >= 0.3 is 0 Å². The van der Waals surface area contributed by atoms with Gasteiger partial charge in [-0.1, -0.05) is 24.3 Å². The van der Waals surface area contributed by atoms with E-state index in [4.69, 9.17) is 8.83 Å². The van der Waals surface area contributed by atoms with Crippen molar-refractivity contribution in [3.63, 3.8) is 0 Å². The van der Waals surface area contributed by atoms with E-state index in [0.717, 1.165) is 33.5 Å². The van der Waals surface area contributed by atoms with E-state index < -0.39 is 0 Å². The second kappa shape index (κ2) is 7.33. The first-order chi connectivity index (χ1) is 17.6. The Labute approximate surface area is 215 Å². The maximum absolute atomic E-state index is 6.25. The predicted molar refractivity (Wildman–Crippen MR) is 155 cm³/mol. The Kier molecular flexibility index (Phi) is 4.14. The second-order valence-electron chi connectivity index (χ2n) is 9.49. The Hall–Kier alpha value is -3.86. The molecule has 0 N–H and O–H groups in total. The average Bonchev–Trinajstić information content (AvgIpc) is 3.66. The summed E-state index contributed by atoms with van der Waals surface area (Å²) >= 11 is 3.53. The first-order valence-electron chi connectivity index (χ1n) is 12.0. The highest BCUT2D eigenvalue weighted by Gasteiger charge is 2.14. The number of hydrogen-bond donors (Lipinski definition) is 0. The lowest BCUT2D eigenvalue weighted by Crippen LogP contribution is -1.81. The first-order valence-corrected chi connectivity index (χ1v) is 13.6.